The number of hydrogen-bond acceptors (Lipinski definition) is 4. The summed E-state index contributed by atoms with van der Waals surface area (Å²) in [5.74, 6) is 0. The molecule has 0 saturated heterocycles. The molecule has 0 aliphatic heterocycles. The molecule has 1 aromatic heterocycles. The highest BCUT2D eigenvalue weighted by molar-refractivity contribution is 7.89. The topological polar surface area (TPSA) is 81.2 Å². The minimum atomic E-state index is -4.63. The van der Waals surface area contributed by atoms with Crippen LogP contribution in [0.3, 0.4) is 0 Å². The van der Waals surface area contributed by atoms with Gasteiger partial charge in [0.15, 0.2) is 5.69 Å². The molecule has 1 heterocycles. The van der Waals surface area contributed by atoms with Gasteiger partial charge in [0.1, 0.15) is 0 Å². The first-order valence-electron chi connectivity index (χ1n) is 9.62. The van der Waals surface area contributed by atoms with Crippen molar-refractivity contribution in [3.8, 4) is 16.9 Å². The lowest BCUT2D eigenvalue weighted by Crippen LogP contribution is -2.22. The van der Waals surface area contributed by atoms with Crippen molar-refractivity contribution in [2.75, 3.05) is 18.0 Å². The Morgan fingerprint density at radius 1 is 1.03 bits per heavy atom. The SMILES string of the molecule is CCN(CC)c1ccc(-c2cc(C(F)(F)F)nn2-c2ccc(S(N)(=O)=O)cc2)cc1C. The van der Waals surface area contributed by atoms with E-state index in [1.165, 1.54) is 24.3 Å². The molecular weight excluding hydrogens is 429 g/mol. The smallest absolute Gasteiger partial charge is 0.372 e. The van der Waals surface area contributed by atoms with Crippen LogP contribution in [0.4, 0.5) is 18.9 Å². The standard InChI is InChI=1S/C21H23F3N4O2S/c1-4-27(5-2)18-11-6-15(12-14(18)3)19-13-20(21(22,23)24)26-28(19)16-7-9-17(10-8-16)31(25,29)30/h6-13H,4-5H2,1-3H3,(H2,25,29,30). The van der Waals surface area contributed by atoms with Crippen LogP contribution in [-0.2, 0) is 16.2 Å². The van der Waals surface area contributed by atoms with Crippen LogP contribution in [0.1, 0.15) is 25.1 Å². The van der Waals surface area contributed by atoms with Crippen molar-refractivity contribution in [1.82, 2.24) is 9.78 Å². The molecule has 3 rings (SSSR count). The average molecular weight is 453 g/mol. The first-order valence-corrected chi connectivity index (χ1v) is 11.2. The highest BCUT2D eigenvalue weighted by Gasteiger charge is 2.35. The number of hydrogen-bond donors (Lipinski definition) is 1. The van der Waals surface area contributed by atoms with Gasteiger partial charge in [0.25, 0.3) is 0 Å². The molecule has 166 valence electrons. The third-order valence-corrected chi connectivity index (χ3v) is 5.94. The van der Waals surface area contributed by atoms with Gasteiger partial charge in [-0.25, -0.2) is 18.2 Å². The van der Waals surface area contributed by atoms with Gasteiger partial charge in [-0.2, -0.15) is 18.3 Å². The van der Waals surface area contributed by atoms with Crippen LogP contribution in [0.15, 0.2) is 53.4 Å². The van der Waals surface area contributed by atoms with Crippen molar-refractivity contribution < 1.29 is 21.6 Å². The summed E-state index contributed by atoms with van der Waals surface area (Å²) in [4.78, 5) is 2.02. The van der Waals surface area contributed by atoms with Gasteiger partial charge in [0.05, 0.1) is 16.3 Å². The van der Waals surface area contributed by atoms with Crippen molar-refractivity contribution in [2.45, 2.75) is 31.8 Å². The second-order valence-corrected chi connectivity index (χ2v) is 8.60. The highest BCUT2D eigenvalue weighted by Crippen LogP contribution is 2.35. The number of rotatable bonds is 6. The Balaban J connectivity index is 2.14. The van der Waals surface area contributed by atoms with Crippen LogP contribution in [0.5, 0.6) is 0 Å². The third-order valence-electron chi connectivity index (χ3n) is 5.01. The zero-order valence-corrected chi connectivity index (χ0v) is 18.1. The van der Waals surface area contributed by atoms with Crippen LogP contribution in [0.25, 0.3) is 16.9 Å². The zero-order valence-electron chi connectivity index (χ0n) is 17.3. The highest BCUT2D eigenvalue weighted by atomic mass is 32.2. The maximum Gasteiger partial charge on any atom is 0.435 e. The van der Waals surface area contributed by atoms with E-state index < -0.39 is 21.9 Å². The molecule has 0 bridgehead atoms. The normalized spacial score (nSPS) is 12.2. The quantitative estimate of drug-likeness (QED) is 0.603. The fraction of sp³-hybridized carbons (Fsp3) is 0.286. The summed E-state index contributed by atoms with van der Waals surface area (Å²) in [6.45, 7) is 7.59. The van der Waals surface area contributed by atoms with Gasteiger partial charge in [-0.3, -0.25) is 0 Å². The van der Waals surface area contributed by atoms with Crippen LogP contribution < -0.4 is 10.0 Å². The van der Waals surface area contributed by atoms with Crippen LogP contribution in [0.2, 0.25) is 0 Å². The molecule has 0 radical (unpaired) electrons. The second kappa shape index (κ2) is 8.35. The minimum absolute atomic E-state index is 0.138. The predicted octanol–water partition coefficient (Wildman–Crippen LogP) is 4.36. The number of benzene rings is 2. The molecular formula is C21H23F3N4O2S. The number of halogens is 3. The van der Waals surface area contributed by atoms with Gasteiger partial charge in [-0.1, -0.05) is 6.07 Å². The van der Waals surface area contributed by atoms with E-state index in [-0.39, 0.29) is 16.3 Å². The molecule has 6 nitrogen and oxygen atoms in total. The third kappa shape index (κ3) is 4.75. The number of nitrogens with two attached hydrogens (primary N) is 1. The van der Waals surface area contributed by atoms with E-state index in [2.05, 4.69) is 10.00 Å². The summed E-state index contributed by atoms with van der Waals surface area (Å²) >= 11 is 0. The van der Waals surface area contributed by atoms with E-state index >= 15 is 0 Å². The minimum Gasteiger partial charge on any atom is -0.372 e. The number of nitrogens with zero attached hydrogens (tertiary/aromatic N) is 3. The molecule has 2 N–H and O–H groups in total. The summed E-state index contributed by atoms with van der Waals surface area (Å²) in [6.07, 6.45) is -4.63. The molecule has 0 aliphatic carbocycles. The van der Waals surface area contributed by atoms with Crippen LogP contribution in [0, 0.1) is 6.92 Å². The molecule has 3 aromatic rings. The van der Waals surface area contributed by atoms with Crippen LogP contribution >= 0.6 is 0 Å². The van der Waals surface area contributed by atoms with E-state index in [9.17, 15) is 21.6 Å². The van der Waals surface area contributed by atoms with Crippen LogP contribution in [-0.4, -0.2) is 31.3 Å². The molecule has 0 atom stereocenters. The van der Waals surface area contributed by atoms with Gasteiger partial charge in [0, 0.05) is 24.3 Å². The Bertz CT molecular complexity index is 1180. The lowest BCUT2D eigenvalue weighted by molar-refractivity contribution is -0.141. The van der Waals surface area contributed by atoms with Crippen molar-refractivity contribution >= 4 is 15.7 Å². The van der Waals surface area contributed by atoms with Gasteiger partial charge in [-0.15, -0.1) is 0 Å². The van der Waals surface area contributed by atoms with Crippen molar-refractivity contribution in [3.05, 3.63) is 59.8 Å². The molecule has 2 aromatic carbocycles. The summed E-state index contributed by atoms with van der Waals surface area (Å²) in [5.41, 5.74) is 1.98. The Kier molecular flexibility index (Phi) is 6.15. The van der Waals surface area contributed by atoms with Crippen molar-refractivity contribution in [3.63, 3.8) is 0 Å². The first-order chi connectivity index (χ1) is 14.5. The Morgan fingerprint density at radius 3 is 2.13 bits per heavy atom. The largest absolute Gasteiger partial charge is 0.435 e. The van der Waals surface area contributed by atoms with Gasteiger partial charge < -0.3 is 4.90 Å². The number of aromatic nitrogens is 2. The lowest BCUT2D eigenvalue weighted by Gasteiger charge is -2.23. The Labute approximate surface area is 179 Å². The van der Waals surface area contributed by atoms with E-state index in [1.807, 2.05) is 32.9 Å². The van der Waals surface area contributed by atoms with E-state index in [4.69, 9.17) is 5.14 Å². The molecule has 0 spiro atoms. The lowest BCUT2D eigenvalue weighted by atomic mass is 10.1. The molecule has 0 saturated carbocycles. The number of aryl methyl sites for hydroxylation is 1. The van der Waals surface area contributed by atoms with Crippen molar-refractivity contribution in [2.24, 2.45) is 5.14 Å². The Hall–Kier alpha value is -2.85. The van der Waals surface area contributed by atoms with Gasteiger partial charge in [0.2, 0.25) is 10.0 Å². The number of primary sulfonamides is 1. The fourth-order valence-corrected chi connectivity index (χ4v) is 3.95. The van der Waals surface area contributed by atoms with Crippen molar-refractivity contribution in [1.29, 1.82) is 0 Å². The molecule has 31 heavy (non-hydrogen) atoms. The van der Waals surface area contributed by atoms with E-state index in [0.29, 0.717) is 5.56 Å². The molecule has 0 aliphatic rings. The van der Waals surface area contributed by atoms with E-state index in [1.54, 1.807) is 6.07 Å². The number of anilines is 1. The van der Waals surface area contributed by atoms with E-state index in [0.717, 1.165) is 35.1 Å². The maximum absolute atomic E-state index is 13.4. The molecule has 0 fully saturated rings. The molecule has 0 amide bonds. The first kappa shape index (κ1) is 22.8. The fourth-order valence-electron chi connectivity index (χ4n) is 3.43. The zero-order chi connectivity index (χ0) is 23.0. The van der Waals surface area contributed by atoms with Gasteiger partial charge >= 0.3 is 6.18 Å². The average Bonchev–Trinajstić information content (AvgIpc) is 3.15. The summed E-state index contributed by atoms with van der Waals surface area (Å²) in [6, 6.07) is 11.6. The molecule has 0 unspecified atom stereocenters. The van der Waals surface area contributed by atoms with Gasteiger partial charge in [-0.05, 0) is 68.8 Å². The molecule has 10 heteroatoms. The monoisotopic (exact) mass is 452 g/mol. The summed E-state index contributed by atoms with van der Waals surface area (Å²) < 4.78 is 64.3. The number of alkyl halides is 3. The predicted molar refractivity (Wildman–Crippen MR) is 114 cm³/mol. The summed E-state index contributed by atoms with van der Waals surface area (Å²) in [7, 11) is -3.92. The Morgan fingerprint density at radius 2 is 1.65 bits per heavy atom. The maximum atomic E-state index is 13.4. The second-order valence-electron chi connectivity index (χ2n) is 7.04. The summed E-state index contributed by atoms with van der Waals surface area (Å²) in [5, 5.41) is 8.84. The number of sulfonamides is 1.